The maximum atomic E-state index is 13.3. The van der Waals surface area contributed by atoms with Crippen LogP contribution in [0, 0.1) is 11.6 Å². The van der Waals surface area contributed by atoms with E-state index in [0.717, 1.165) is 12.1 Å². The lowest BCUT2D eigenvalue weighted by Crippen LogP contribution is -2.54. The number of carbonyl (C=O) groups is 1. The molecule has 1 saturated heterocycles. The highest BCUT2D eigenvalue weighted by Gasteiger charge is 2.40. The fraction of sp³-hybridized carbons (Fsp3) is 0.533. The molecule has 0 aliphatic carbocycles. The SMILES string of the molecule is COC1(C(=O)NC(C)c2ccc(F)c(F)c2)CCNCC1.Cl. The minimum absolute atomic E-state index is 0. The summed E-state index contributed by atoms with van der Waals surface area (Å²) in [6.07, 6.45) is 1.17. The van der Waals surface area contributed by atoms with Crippen LogP contribution in [0.2, 0.25) is 0 Å². The van der Waals surface area contributed by atoms with Gasteiger partial charge in [-0.3, -0.25) is 4.79 Å². The van der Waals surface area contributed by atoms with Crippen molar-refractivity contribution < 1.29 is 18.3 Å². The molecule has 1 aromatic carbocycles. The number of hydrogen-bond acceptors (Lipinski definition) is 3. The van der Waals surface area contributed by atoms with Crippen LogP contribution in [0.15, 0.2) is 18.2 Å². The lowest BCUT2D eigenvalue weighted by molar-refractivity contribution is -0.147. The van der Waals surface area contributed by atoms with Gasteiger partial charge >= 0.3 is 0 Å². The van der Waals surface area contributed by atoms with Crippen molar-refractivity contribution >= 4 is 18.3 Å². The van der Waals surface area contributed by atoms with E-state index in [1.54, 1.807) is 6.92 Å². The van der Waals surface area contributed by atoms with Crippen LogP contribution in [0.1, 0.15) is 31.4 Å². The first kappa shape index (κ1) is 18.8. The van der Waals surface area contributed by atoms with Gasteiger partial charge in [0.05, 0.1) is 6.04 Å². The summed E-state index contributed by atoms with van der Waals surface area (Å²) in [5, 5.41) is 6.00. The maximum absolute atomic E-state index is 13.3. The van der Waals surface area contributed by atoms with Crippen LogP contribution in [-0.4, -0.2) is 31.7 Å². The molecule has 0 saturated carbocycles. The predicted molar refractivity (Wildman–Crippen MR) is 82.0 cm³/mol. The number of rotatable bonds is 4. The lowest BCUT2D eigenvalue weighted by Gasteiger charge is -2.35. The number of hydrogen-bond donors (Lipinski definition) is 2. The Labute approximate surface area is 135 Å². The quantitative estimate of drug-likeness (QED) is 0.888. The van der Waals surface area contributed by atoms with Crippen molar-refractivity contribution in [1.82, 2.24) is 10.6 Å². The largest absolute Gasteiger partial charge is 0.368 e. The summed E-state index contributed by atoms with van der Waals surface area (Å²) in [5.74, 6) is -2.04. The van der Waals surface area contributed by atoms with Gasteiger partial charge < -0.3 is 15.4 Å². The average molecular weight is 335 g/mol. The molecule has 1 amide bonds. The first-order valence-electron chi connectivity index (χ1n) is 7.00. The van der Waals surface area contributed by atoms with Crippen LogP contribution in [0.3, 0.4) is 0 Å². The van der Waals surface area contributed by atoms with Crippen LogP contribution in [0.5, 0.6) is 0 Å². The van der Waals surface area contributed by atoms with Gasteiger partial charge in [-0.15, -0.1) is 12.4 Å². The summed E-state index contributed by atoms with van der Waals surface area (Å²) in [4.78, 5) is 12.5. The van der Waals surface area contributed by atoms with Crippen molar-refractivity contribution in [3.63, 3.8) is 0 Å². The van der Waals surface area contributed by atoms with Crippen molar-refractivity contribution in [2.75, 3.05) is 20.2 Å². The number of halogens is 3. The van der Waals surface area contributed by atoms with Gasteiger partial charge in [0.1, 0.15) is 5.60 Å². The second-order valence-electron chi connectivity index (χ2n) is 5.32. The molecule has 2 N–H and O–H groups in total. The summed E-state index contributed by atoms with van der Waals surface area (Å²) in [6.45, 7) is 3.15. The Morgan fingerprint density at radius 3 is 2.50 bits per heavy atom. The Morgan fingerprint density at radius 2 is 1.95 bits per heavy atom. The molecule has 2 rings (SSSR count). The molecule has 4 nitrogen and oxygen atoms in total. The first-order chi connectivity index (χ1) is 9.98. The first-order valence-corrected chi connectivity index (χ1v) is 7.00. The topological polar surface area (TPSA) is 50.4 Å². The fourth-order valence-electron chi connectivity index (χ4n) is 2.55. The molecule has 0 bridgehead atoms. The van der Waals surface area contributed by atoms with Gasteiger partial charge in [0, 0.05) is 7.11 Å². The van der Waals surface area contributed by atoms with Gasteiger partial charge in [-0.1, -0.05) is 6.07 Å². The molecule has 1 heterocycles. The van der Waals surface area contributed by atoms with Crippen molar-refractivity contribution in [3.8, 4) is 0 Å². The minimum atomic E-state index is -0.920. The standard InChI is InChI=1S/C15H20F2N2O2.ClH/c1-10(11-3-4-12(16)13(17)9-11)19-14(20)15(21-2)5-7-18-8-6-15;/h3-4,9-10,18H,5-8H2,1-2H3,(H,19,20);1H. The highest BCUT2D eigenvalue weighted by Crippen LogP contribution is 2.24. The van der Waals surface area contributed by atoms with E-state index in [9.17, 15) is 13.6 Å². The fourth-order valence-corrected chi connectivity index (χ4v) is 2.55. The summed E-state index contributed by atoms with van der Waals surface area (Å²) in [7, 11) is 1.52. The Kier molecular flexibility index (Phi) is 6.71. The number of ether oxygens (including phenoxy) is 1. The Balaban J connectivity index is 0.00000242. The monoisotopic (exact) mass is 334 g/mol. The number of carbonyl (C=O) groups excluding carboxylic acids is 1. The molecular weight excluding hydrogens is 314 g/mol. The highest BCUT2D eigenvalue weighted by molar-refractivity contribution is 5.86. The van der Waals surface area contributed by atoms with Gasteiger partial charge in [-0.05, 0) is 50.6 Å². The third kappa shape index (κ3) is 3.94. The minimum Gasteiger partial charge on any atom is -0.368 e. The molecule has 1 aromatic rings. The smallest absolute Gasteiger partial charge is 0.252 e. The number of nitrogens with one attached hydrogen (secondary N) is 2. The zero-order valence-corrected chi connectivity index (χ0v) is 13.4. The Bertz CT molecular complexity index is 522. The van der Waals surface area contributed by atoms with Crippen LogP contribution in [-0.2, 0) is 9.53 Å². The Hall–Kier alpha value is -1.24. The second kappa shape index (κ2) is 7.85. The molecule has 22 heavy (non-hydrogen) atoms. The average Bonchev–Trinajstić information content (AvgIpc) is 2.50. The second-order valence-corrected chi connectivity index (χ2v) is 5.32. The number of benzene rings is 1. The molecule has 124 valence electrons. The van der Waals surface area contributed by atoms with E-state index >= 15 is 0 Å². The van der Waals surface area contributed by atoms with Gasteiger partial charge in [0.2, 0.25) is 0 Å². The highest BCUT2D eigenvalue weighted by atomic mass is 35.5. The van der Waals surface area contributed by atoms with Crippen LogP contribution < -0.4 is 10.6 Å². The van der Waals surface area contributed by atoms with E-state index < -0.39 is 23.3 Å². The Morgan fingerprint density at radius 1 is 1.32 bits per heavy atom. The number of amides is 1. The van der Waals surface area contributed by atoms with Crippen LogP contribution >= 0.6 is 12.4 Å². The zero-order valence-electron chi connectivity index (χ0n) is 12.6. The molecule has 7 heteroatoms. The van der Waals surface area contributed by atoms with E-state index in [2.05, 4.69) is 10.6 Å². The third-order valence-electron chi connectivity index (χ3n) is 4.01. The molecule has 1 aliphatic heterocycles. The van der Waals surface area contributed by atoms with E-state index in [1.165, 1.54) is 13.2 Å². The zero-order chi connectivity index (χ0) is 15.5. The van der Waals surface area contributed by atoms with Gasteiger partial charge in [0.15, 0.2) is 11.6 Å². The lowest BCUT2D eigenvalue weighted by atomic mass is 9.90. The van der Waals surface area contributed by atoms with E-state index in [0.29, 0.717) is 31.5 Å². The summed E-state index contributed by atoms with van der Waals surface area (Å²) in [6, 6.07) is 3.20. The van der Waals surface area contributed by atoms with Crippen molar-refractivity contribution in [2.45, 2.75) is 31.4 Å². The molecule has 1 aliphatic rings. The molecule has 1 fully saturated rings. The van der Waals surface area contributed by atoms with E-state index in [-0.39, 0.29) is 18.3 Å². The van der Waals surface area contributed by atoms with Crippen molar-refractivity contribution in [2.24, 2.45) is 0 Å². The normalized spacial score (nSPS) is 18.2. The van der Waals surface area contributed by atoms with Gasteiger partial charge in [0.25, 0.3) is 5.91 Å². The predicted octanol–water partition coefficient (Wildman–Crippen LogP) is 2.33. The van der Waals surface area contributed by atoms with Gasteiger partial charge in [-0.2, -0.15) is 0 Å². The summed E-state index contributed by atoms with van der Waals surface area (Å²) < 4.78 is 31.6. The molecular formula is C15H21ClF2N2O2. The maximum Gasteiger partial charge on any atom is 0.252 e. The molecule has 1 unspecified atom stereocenters. The van der Waals surface area contributed by atoms with E-state index in [4.69, 9.17) is 4.74 Å². The van der Waals surface area contributed by atoms with E-state index in [1.807, 2.05) is 0 Å². The molecule has 0 aromatic heterocycles. The number of methoxy groups -OCH3 is 1. The van der Waals surface area contributed by atoms with Gasteiger partial charge in [-0.25, -0.2) is 8.78 Å². The summed E-state index contributed by atoms with van der Waals surface area (Å²) >= 11 is 0. The summed E-state index contributed by atoms with van der Waals surface area (Å²) in [5.41, 5.74) is -0.333. The van der Waals surface area contributed by atoms with Crippen LogP contribution in [0.25, 0.3) is 0 Å². The van der Waals surface area contributed by atoms with Crippen molar-refractivity contribution in [3.05, 3.63) is 35.4 Å². The number of piperidine rings is 1. The molecule has 0 radical (unpaired) electrons. The third-order valence-corrected chi connectivity index (χ3v) is 4.01. The molecule has 1 atom stereocenters. The van der Waals surface area contributed by atoms with Crippen molar-refractivity contribution in [1.29, 1.82) is 0 Å². The van der Waals surface area contributed by atoms with Crippen LogP contribution in [0.4, 0.5) is 8.78 Å². The molecule has 0 spiro atoms.